The van der Waals surface area contributed by atoms with Crippen LogP contribution in [0, 0.1) is 5.82 Å². The Morgan fingerprint density at radius 1 is 1.07 bits per heavy atom. The minimum absolute atomic E-state index is 0.0142. The first-order valence-electron chi connectivity index (χ1n) is 9.32. The fourth-order valence-corrected chi connectivity index (χ4v) is 4.21. The lowest BCUT2D eigenvalue weighted by Gasteiger charge is -2.22. The Morgan fingerprint density at radius 3 is 2.66 bits per heavy atom. The van der Waals surface area contributed by atoms with Gasteiger partial charge in [-0.05, 0) is 23.8 Å². The zero-order chi connectivity index (χ0) is 20.1. The molecule has 29 heavy (non-hydrogen) atoms. The maximum Gasteiger partial charge on any atom is 0.335 e. The molecule has 0 spiro atoms. The summed E-state index contributed by atoms with van der Waals surface area (Å²) in [7, 11) is 0. The van der Waals surface area contributed by atoms with Gasteiger partial charge in [0.25, 0.3) is 5.56 Å². The van der Waals surface area contributed by atoms with E-state index in [9.17, 15) is 19.1 Å². The standard InChI is InChI=1S/C21H17FN4O3/c22-13-6-2-4-8-15(13)26-20(28)16(19(27)25-21(26)29)18-17-12(9-10-23-18)11-5-1-3-7-14(11)24-17/h1-8,18,23-24,28H,9-10H2,(H,25,27,29)/p+1/t18-/m0/s1. The summed E-state index contributed by atoms with van der Waals surface area (Å²) in [6.45, 7) is 0.706. The Kier molecular flexibility index (Phi) is 3.88. The lowest BCUT2D eigenvalue weighted by Crippen LogP contribution is -2.87. The van der Waals surface area contributed by atoms with Crippen molar-refractivity contribution in [1.82, 2.24) is 14.5 Å². The van der Waals surface area contributed by atoms with E-state index in [1.54, 1.807) is 6.07 Å². The van der Waals surface area contributed by atoms with E-state index in [-0.39, 0.29) is 11.3 Å². The van der Waals surface area contributed by atoms with Crippen LogP contribution < -0.4 is 16.6 Å². The van der Waals surface area contributed by atoms with Crippen LogP contribution >= 0.6 is 0 Å². The van der Waals surface area contributed by atoms with E-state index >= 15 is 0 Å². The van der Waals surface area contributed by atoms with Gasteiger partial charge in [0, 0.05) is 17.3 Å². The van der Waals surface area contributed by atoms with Gasteiger partial charge in [0.15, 0.2) is 6.04 Å². The van der Waals surface area contributed by atoms with Crippen molar-refractivity contribution in [1.29, 1.82) is 0 Å². The molecule has 7 nitrogen and oxygen atoms in total. The molecule has 5 N–H and O–H groups in total. The molecule has 5 rings (SSSR count). The average Bonchev–Trinajstić information content (AvgIpc) is 3.09. The number of H-pyrrole nitrogens is 2. The first kappa shape index (κ1) is 17.4. The van der Waals surface area contributed by atoms with Crippen LogP contribution in [0.25, 0.3) is 16.6 Å². The van der Waals surface area contributed by atoms with Crippen molar-refractivity contribution in [2.75, 3.05) is 6.54 Å². The second-order valence-corrected chi connectivity index (χ2v) is 7.10. The van der Waals surface area contributed by atoms with Crippen molar-refractivity contribution < 1.29 is 14.8 Å². The van der Waals surface area contributed by atoms with Crippen molar-refractivity contribution in [2.45, 2.75) is 12.5 Å². The molecule has 0 bridgehead atoms. The second-order valence-electron chi connectivity index (χ2n) is 7.10. The van der Waals surface area contributed by atoms with E-state index in [0.29, 0.717) is 6.54 Å². The lowest BCUT2D eigenvalue weighted by atomic mass is 9.95. The molecule has 0 unspecified atom stereocenters. The van der Waals surface area contributed by atoms with Crippen molar-refractivity contribution in [2.24, 2.45) is 0 Å². The Balaban J connectivity index is 1.77. The predicted molar refractivity (Wildman–Crippen MR) is 105 cm³/mol. The predicted octanol–water partition coefficient (Wildman–Crippen LogP) is 1.06. The first-order valence-corrected chi connectivity index (χ1v) is 9.32. The van der Waals surface area contributed by atoms with Crippen molar-refractivity contribution in [3.8, 4) is 11.6 Å². The van der Waals surface area contributed by atoms with Gasteiger partial charge in [-0.1, -0.05) is 30.3 Å². The van der Waals surface area contributed by atoms with Gasteiger partial charge < -0.3 is 15.4 Å². The maximum atomic E-state index is 14.3. The smallest absolute Gasteiger partial charge is 0.335 e. The van der Waals surface area contributed by atoms with Gasteiger partial charge in [0.05, 0.1) is 17.9 Å². The van der Waals surface area contributed by atoms with E-state index in [1.807, 2.05) is 29.6 Å². The van der Waals surface area contributed by atoms with Gasteiger partial charge in [0.1, 0.15) is 11.4 Å². The van der Waals surface area contributed by atoms with Crippen LogP contribution in [0.2, 0.25) is 0 Å². The van der Waals surface area contributed by atoms with Gasteiger partial charge >= 0.3 is 5.69 Å². The molecule has 0 fully saturated rings. The largest absolute Gasteiger partial charge is 0.494 e. The van der Waals surface area contributed by atoms with E-state index in [2.05, 4.69) is 9.97 Å². The molecular formula is C21H18FN4O3+. The molecule has 2 aromatic carbocycles. The van der Waals surface area contributed by atoms with Gasteiger partial charge in [-0.15, -0.1) is 0 Å². The summed E-state index contributed by atoms with van der Waals surface area (Å²) in [4.78, 5) is 30.7. The first-order chi connectivity index (χ1) is 14.1. The molecule has 1 atom stereocenters. The van der Waals surface area contributed by atoms with E-state index in [1.165, 1.54) is 18.2 Å². The highest BCUT2D eigenvalue weighted by Crippen LogP contribution is 2.32. The van der Waals surface area contributed by atoms with Crippen LogP contribution in [0.3, 0.4) is 0 Å². The number of nitrogens with one attached hydrogen (secondary N) is 2. The number of para-hydroxylation sites is 2. The summed E-state index contributed by atoms with van der Waals surface area (Å²) in [6.07, 6.45) is 0.807. The SMILES string of the molecule is O=c1[nH]c(=O)n(-c2ccccc2F)c(O)c1[C@@H]1[NH2+]CCc2c1[nH]c1ccccc21. The molecular weight excluding hydrogens is 375 g/mol. The Morgan fingerprint density at radius 2 is 1.83 bits per heavy atom. The summed E-state index contributed by atoms with van der Waals surface area (Å²) in [5.74, 6) is -1.24. The Bertz CT molecular complexity index is 1370. The van der Waals surface area contributed by atoms with Crippen LogP contribution in [0.4, 0.5) is 4.39 Å². The number of aromatic amines is 2. The van der Waals surface area contributed by atoms with Gasteiger partial charge in [-0.3, -0.25) is 9.78 Å². The van der Waals surface area contributed by atoms with Gasteiger partial charge in [0.2, 0.25) is 5.88 Å². The number of fused-ring (bicyclic) bond motifs is 3. The number of hydrogen-bond donors (Lipinski definition) is 4. The quantitative estimate of drug-likeness (QED) is 0.409. The molecule has 1 aliphatic rings. The molecule has 146 valence electrons. The van der Waals surface area contributed by atoms with Crippen LogP contribution in [0.1, 0.15) is 22.9 Å². The molecule has 8 heteroatoms. The number of nitrogens with zero attached hydrogens (tertiary/aromatic N) is 1. The van der Waals surface area contributed by atoms with Gasteiger partial charge in [-0.2, -0.15) is 0 Å². The highest BCUT2D eigenvalue weighted by atomic mass is 19.1. The number of benzene rings is 2. The van der Waals surface area contributed by atoms with E-state index in [0.717, 1.165) is 33.1 Å². The molecule has 2 aromatic heterocycles. The fraction of sp³-hybridized carbons (Fsp3) is 0.143. The fourth-order valence-electron chi connectivity index (χ4n) is 4.21. The number of nitrogens with two attached hydrogens (primary N) is 1. The highest BCUT2D eigenvalue weighted by Gasteiger charge is 2.34. The third-order valence-electron chi connectivity index (χ3n) is 5.48. The number of halogens is 1. The second kappa shape index (κ2) is 6.46. The Hall–Kier alpha value is -3.65. The number of aromatic hydroxyl groups is 1. The molecule has 1 aliphatic heterocycles. The molecule has 0 amide bonds. The third-order valence-corrected chi connectivity index (χ3v) is 5.48. The Labute approximate surface area is 163 Å². The molecule has 0 radical (unpaired) electrons. The van der Waals surface area contributed by atoms with E-state index in [4.69, 9.17) is 0 Å². The normalized spacial score (nSPS) is 16.1. The van der Waals surface area contributed by atoms with Crippen molar-refractivity contribution in [3.63, 3.8) is 0 Å². The minimum atomic E-state index is -0.894. The van der Waals surface area contributed by atoms with Crippen molar-refractivity contribution in [3.05, 3.63) is 92.0 Å². The summed E-state index contributed by atoms with van der Waals surface area (Å²) >= 11 is 0. The average molecular weight is 393 g/mol. The van der Waals surface area contributed by atoms with Crippen LogP contribution in [0.5, 0.6) is 5.88 Å². The van der Waals surface area contributed by atoms with Crippen LogP contribution in [0.15, 0.2) is 58.1 Å². The molecule has 0 aliphatic carbocycles. The molecule has 3 heterocycles. The third kappa shape index (κ3) is 2.60. The summed E-state index contributed by atoms with van der Waals surface area (Å²) in [5, 5.41) is 13.9. The molecule has 0 saturated carbocycles. The maximum absolute atomic E-state index is 14.3. The van der Waals surface area contributed by atoms with Crippen LogP contribution in [-0.4, -0.2) is 26.2 Å². The highest BCUT2D eigenvalue weighted by molar-refractivity contribution is 5.85. The molecule has 4 aromatic rings. The van der Waals surface area contributed by atoms with Gasteiger partial charge in [-0.25, -0.2) is 13.8 Å². The van der Waals surface area contributed by atoms with E-state index < -0.39 is 29.0 Å². The van der Waals surface area contributed by atoms with Crippen molar-refractivity contribution >= 4 is 10.9 Å². The number of hydrogen-bond acceptors (Lipinski definition) is 3. The summed E-state index contributed by atoms with van der Waals surface area (Å²) in [6, 6.07) is 12.9. The lowest BCUT2D eigenvalue weighted by molar-refractivity contribution is -0.690. The number of aromatic nitrogens is 3. The monoisotopic (exact) mass is 393 g/mol. The summed E-state index contributed by atoms with van der Waals surface area (Å²) in [5.41, 5.74) is 1.13. The number of quaternary nitrogens is 1. The summed E-state index contributed by atoms with van der Waals surface area (Å²) < 4.78 is 15.1. The minimum Gasteiger partial charge on any atom is -0.494 e. The zero-order valence-corrected chi connectivity index (χ0v) is 15.3. The van der Waals surface area contributed by atoms with Crippen LogP contribution in [-0.2, 0) is 6.42 Å². The number of rotatable bonds is 2. The molecule has 0 saturated heterocycles. The zero-order valence-electron chi connectivity index (χ0n) is 15.3. The topological polar surface area (TPSA) is 107 Å².